The Kier molecular flexibility index (Phi) is 3.17. The van der Waals surface area contributed by atoms with Crippen molar-refractivity contribution in [2.75, 3.05) is 13.3 Å². The van der Waals surface area contributed by atoms with Crippen LogP contribution in [-0.4, -0.2) is 19.5 Å². The van der Waals surface area contributed by atoms with E-state index >= 15 is 0 Å². The molecule has 0 radical (unpaired) electrons. The summed E-state index contributed by atoms with van der Waals surface area (Å²) in [5.41, 5.74) is 1.20. The standard InChI is InChI=1S/C9H11NS/c1-10-7-8-5-3-4-6-9(8)11-2/h3-7H,1-2H3/b10-7-. The highest BCUT2D eigenvalue weighted by Crippen LogP contribution is 2.17. The Morgan fingerprint density at radius 1 is 1.36 bits per heavy atom. The molecule has 0 saturated heterocycles. The summed E-state index contributed by atoms with van der Waals surface area (Å²) in [4.78, 5) is 5.25. The summed E-state index contributed by atoms with van der Waals surface area (Å²) in [6, 6.07) is 8.23. The van der Waals surface area contributed by atoms with Crippen molar-refractivity contribution in [2.45, 2.75) is 4.90 Å². The van der Waals surface area contributed by atoms with E-state index in [1.165, 1.54) is 10.5 Å². The minimum Gasteiger partial charge on any atom is -0.296 e. The Morgan fingerprint density at radius 3 is 2.73 bits per heavy atom. The van der Waals surface area contributed by atoms with Gasteiger partial charge in [0.25, 0.3) is 0 Å². The Balaban J connectivity index is 3.02. The third-order valence-electron chi connectivity index (χ3n) is 1.41. The highest BCUT2D eigenvalue weighted by atomic mass is 32.2. The molecule has 0 N–H and O–H groups in total. The summed E-state index contributed by atoms with van der Waals surface area (Å²) in [6.07, 6.45) is 3.95. The van der Waals surface area contributed by atoms with Gasteiger partial charge in [-0.2, -0.15) is 0 Å². The second kappa shape index (κ2) is 4.19. The summed E-state index contributed by atoms with van der Waals surface area (Å²) in [7, 11) is 1.79. The lowest BCUT2D eigenvalue weighted by Gasteiger charge is -1.99. The lowest BCUT2D eigenvalue weighted by atomic mass is 10.2. The van der Waals surface area contributed by atoms with E-state index in [0.29, 0.717) is 0 Å². The monoisotopic (exact) mass is 165 g/mol. The van der Waals surface area contributed by atoms with Gasteiger partial charge in [-0.15, -0.1) is 11.8 Å². The zero-order valence-electron chi connectivity index (χ0n) is 6.74. The number of thioether (sulfide) groups is 1. The van der Waals surface area contributed by atoms with Crippen LogP contribution in [0.2, 0.25) is 0 Å². The van der Waals surface area contributed by atoms with Crippen molar-refractivity contribution in [1.82, 2.24) is 0 Å². The fourth-order valence-corrected chi connectivity index (χ4v) is 1.48. The van der Waals surface area contributed by atoms with Crippen LogP contribution in [0.3, 0.4) is 0 Å². The van der Waals surface area contributed by atoms with Gasteiger partial charge in [-0.3, -0.25) is 4.99 Å². The van der Waals surface area contributed by atoms with Crippen LogP contribution in [-0.2, 0) is 0 Å². The Hall–Kier alpha value is -0.760. The van der Waals surface area contributed by atoms with Gasteiger partial charge < -0.3 is 0 Å². The molecule has 0 heterocycles. The zero-order chi connectivity index (χ0) is 8.10. The van der Waals surface area contributed by atoms with Crippen molar-refractivity contribution in [3.8, 4) is 0 Å². The first kappa shape index (κ1) is 8.34. The first-order valence-corrected chi connectivity index (χ1v) is 4.66. The molecule has 1 aromatic rings. The van der Waals surface area contributed by atoms with Gasteiger partial charge in [0.2, 0.25) is 0 Å². The SMILES string of the molecule is C/N=C\c1ccccc1SC. The summed E-state index contributed by atoms with van der Waals surface area (Å²) in [6.45, 7) is 0. The number of aliphatic imine (C=N–C) groups is 1. The second-order valence-electron chi connectivity index (χ2n) is 2.13. The molecule has 0 aromatic heterocycles. The van der Waals surface area contributed by atoms with E-state index in [-0.39, 0.29) is 0 Å². The average molecular weight is 165 g/mol. The number of rotatable bonds is 2. The van der Waals surface area contributed by atoms with Crippen LogP contribution in [0.5, 0.6) is 0 Å². The molecule has 0 unspecified atom stereocenters. The van der Waals surface area contributed by atoms with Gasteiger partial charge in [-0.1, -0.05) is 18.2 Å². The van der Waals surface area contributed by atoms with E-state index < -0.39 is 0 Å². The van der Waals surface area contributed by atoms with Crippen molar-refractivity contribution in [2.24, 2.45) is 4.99 Å². The molecule has 0 atom stereocenters. The van der Waals surface area contributed by atoms with E-state index in [1.807, 2.05) is 18.3 Å². The molecular weight excluding hydrogens is 154 g/mol. The number of hydrogen-bond donors (Lipinski definition) is 0. The zero-order valence-corrected chi connectivity index (χ0v) is 7.56. The van der Waals surface area contributed by atoms with Crippen molar-refractivity contribution in [3.63, 3.8) is 0 Å². The maximum atomic E-state index is 3.98. The molecule has 0 spiro atoms. The van der Waals surface area contributed by atoms with Gasteiger partial charge >= 0.3 is 0 Å². The Morgan fingerprint density at radius 2 is 2.09 bits per heavy atom. The van der Waals surface area contributed by atoms with Gasteiger partial charge in [0.15, 0.2) is 0 Å². The summed E-state index contributed by atoms with van der Waals surface area (Å²) in [5, 5.41) is 0. The van der Waals surface area contributed by atoms with Crippen LogP contribution in [0.25, 0.3) is 0 Å². The minimum absolute atomic E-state index is 1.20. The Labute approximate surface area is 71.5 Å². The molecule has 0 bridgehead atoms. The molecule has 0 aliphatic heterocycles. The predicted molar refractivity (Wildman–Crippen MR) is 51.7 cm³/mol. The number of nitrogens with zero attached hydrogens (tertiary/aromatic N) is 1. The quantitative estimate of drug-likeness (QED) is 0.484. The number of hydrogen-bond acceptors (Lipinski definition) is 2. The average Bonchev–Trinajstić information content (AvgIpc) is 2.06. The Bertz CT molecular complexity index is 255. The molecule has 1 rings (SSSR count). The third-order valence-corrected chi connectivity index (χ3v) is 2.22. The van der Waals surface area contributed by atoms with Gasteiger partial charge in [0.1, 0.15) is 0 Å². The van der Waals surface area contributed by atoms with Crippen molar-refractivity contribution < 1.29 is 0 Å². The molecule has 1 nitrogen and oxygen atoms in total. The van der Waals surface area contributed by atoms with Gasteiger partial charge in [0, 0.05) is 23.7 Å². The molecule has 11 heavy (non-hydrogen) atoms. The lowest BCUT2D eigenvalue weighted by molar-refractivity contribution is 1.40. The lowest BCUT2D eigenvalue weighted by Crippen LogP contribution is -1.83. The summed E-state index contributed by atoms with van der Waals surface area (Å²) < 4.78 is 0. The number of benzene rings is 1. The minimum atomic E-state index is 1.20. The topological polar surface area (TPSA) is 12.4 Å². The second-order valence-corrected chi connectivity index (χ2v) is 2.98. The molecule has 0 aliphatic carbocycles. The van der Waals surface area contributed by atoms with Crippen molar-refractivity contribution in [3.05, 3.63) is 29.8 Å². The van der Waals surface area contributed by atoms with Crippen LogP contribution >= 0.6 is 11.8 Å². The molecule has 2 heteroatoms. The predicted octanol–water partition coefficient (Wildman–Crippen LogP) is 2.46. The van der Waals surface area contributed by atoms with E-state index in [1.54, 1.807) is 18.8 Å². The van der Waals surface area contributed by atoms with Crippen molar-refractivity contribution >= 4 is 18.0 Å². The van der Waals surface area contributed by atoms with Crippen LogP contribution in [0.4, 0.5) is 0 Å². The summed E-state index contributed by atoms with van der Waals surface area (Å²) in [5.74, 6) is 0. The highest BCUT2D eigenvalue weighted by molar-refractivity contribution is 7.98. The molecule has 0 saturated carbocycles. The maximum Gasteiger partial charge on any atom is 0.0292 e. The molecule has 1 aromatic carbocycles. The van der Waals surface area contributed by atoms with Gasteiger partial charge in [-0.05, 0) is 12.3 Å². The van der Waals surface area contributed by atoms with Crippen LogP contribution in [0.1, 0.15) is 5.56 Å². The van der Waals surface area contributed by atoms with Crippen LogP contribution in [0.15, 0.2) is 34.2 Å². The van der Waals surface area contributed by atoms with E-state index in [2.05, 4.69) is 23.4 Å². The first-order chi connectivity index (χ1) is 5.38. The normalized spacial score (nSPS) is 10.7. The maximum absolute atomic E-state index is 3.98. The largest absolute Gasteiger partial charge is 0.296 e. The third kappa shape index (κ3) is 2.09. The van der Waals surface area contributed by atoms with E-state index in [0.717, 1.165) is 0 Å². The van der Waals surface area contributed by atoms with Crippen LogP contribution in [0, 0.1) is 0 Å². The summed E-state index contributed by atoms with van der Waals surface area (Å²) >= 11 is 1.74. The fourth-order valence-electron chi connectivity index (χ4n) is 0.912. The molecule has 0 fully saturated rings. The van der Waals surface area contributed by atoms with E-state index in [9.17, 15) is 0 Å². The highest BCUT2D eigenvalue weighted by Gasteiger charge is 1.94. The van der Waals surface area contributed by atoms with Crippen LogP contribution < -0.4 is 0 Å². The molecule has 0 amide bonds. The van der Waals surface area contributed by atoms with Gasteiger partial charge in [0.05, 0.1) is 0 Å². The van der Waals surface area contributed by atoms with Gasteiger partial charge in [-0.25, -0.2) is 0 Å². The first-order valence-electron chi connectivity index (χ1n) is 3.43. The molecular formula is C9H11NS. The molecule has 58 valence electrons. The smallest absolute Gasteiger partial charge is 0.0292 e. The van der Waals surface area contributed by atoms with E-state index in [4.69, 9.17) is 0 Å². The van der Waals surface area contributed by atoms with Crippen molar-refractivity contribution in [1.29, 1.82) is 0 Å². The fraction of sp³-hybridized carbons (Fsp3) is 0.222. The molecule has 0 aliphatic rings.